The van der Waals surface area contributed by atoms with E-state index in [1.54, 1.807) is 31.2 Å². The van der Waals surface area contributed by atoms with Gasteiger partial charge in [0.25, 0.3) is 0 Å². The minimum absolute atomic E-state index is 0.112. The van der Waals surface area contributed by atoms with Gasteiger partial charge in [0.2, 0.25) is 0 Å². The van der Waals surface area contributed by atoms with Gasteiger partial charge >= 0.3 is 5.97 Å². The van der Waals surface area contributed by atoms with Crippen LogP contribution in [0.2, 0.25) is 5.02 Å². The summed E-state index contributed by atoms with van der Waals surface area (Å²) in [6.07, 6.45) is 0. The van der Waals surface area contributed by atoms with Gasteiger partial charge in [-0.3, -0.25) is 0 Å². The first kappa shape index (κ1) is 12.6. The topological polar surface area (TPSA) is 35.5 Å². The molecular weight excluding hydrogens is 228 g/mol. The van der Waals surface area contributed by atoms with Gasteiger partial charge in [-0.05, 0) is 31.2 Å². The fourth-order valence-electron chi connectivity index (χ4n) is 0.993. The zero-order valence-corrected chi connectivity index (χ0v) is 9.79. The lowest BCUT2D eigenvalue weighted by Crippen LogP contribution is -2.13. The molecule has 3 nitrogen and oxygen atoms in total. The summed E-state index contributed by atoms with van der Waals surface area (Å²) in [4.78, 5) is 11.2. The zero-order valence-electron chi connectivity index (χ0n) is 9.03. The molecule has 0 bridgehead atoms. The molecule has 0 amide bonds. The molecule has 0 heterocycles. The molecule has 0 fully saturated rings. The summed E-state index contributed by atoms with van der Waals surface area (Å²) in [7, 11) is 0. The number of ether oxygens (including phenoxy) is 2. The van der Waals surface area contributed by atoms with Crippen LogP contribution in [-0.2, 0) is 9.53 Å². The molecule has 0 unspecified atom stereocenters. The molecule has 0 aliphatic carbocycles. The van der Waals surface area contributed by atoms with E-state index in [0.29, 0.717) is 17.4 Å². The minimum atomic E-state index is -0.434. The second kappa shape index (κ2) is 6.18. The first-order chi connectivity index (χ1) is 7.63. The van der Waals surface area contributed by atoms with E-state index in [9.17, 15) is 4.79 Å². The summed E-state index contributed by atoms with van der Waals surface area (Å²) in [5.41, 5.74) is 0.289. The Balaban J connectivity index is 2.42. The lowest BCUT2D eigenvalue weighted by Gasteiger charge is -2.07. The van der Waals surface area contributed by atoms with Crippen LogP contribution in [0.5, 0.6) is 5.75 Å². The van der Waals surface area contributed by atoms with Crippen LogP contribution in [0, 0.1) is 0 Å². The third-order valence-electron chi connectivity index (χ3n) is 1.79. The Morgan fingerprint density at radius 2 is 2.00 bits per heavy atom. The Bertz CT molecular complexity index is 370. The summed E-state index contributed by atoms with van der Waals surface area (Å²) in [5.74, 6) is 0.200. The smallest absolute Gasteiger partial charge is 0.336 e. The predicted octanol–water partition coefficient (Wildman–Crippen LogP) is 2.84. The summed E-state index contributed by atoms with van der Waals surface area (Å²) in [6.45, 7) is 5.77. The van der Waals surface area contributed by atoms with Crippen molar-refractivity contribution in [2.24, 2.45) is 0 Å². The van der Waals surface area contributed by atoms with Crippen LogP contribution < -0.4 is 4.74 Å². The molecule has 0 aromatic heterocycles. The third-order valence-corrected chi connectivity index (χ3v) is 2.04. The van der Waals surface area contributed by atoms with Crippen LogP contribution >= 0.6 is 11.6 Å². The molecule has 1 rings (SSSR count). The van der Waals surface area contributed by atoms with E-state index >= 15 is 0 Å². The highest BCUT2D eigenvalue weighted by molar-refractivity contribution is 6.30. The summed E-state index contributed by atoms with van der Waals surface area (Å²) >= 11 is 5.72. The maximum atomic E-state index is 11.2. The molecule has 0 spiro atoms. The Labute approximate surface area is 99.6 Å². The quantitative estimate of drug-likeness (QED) is 0.587. The number of rotatable bonds is 5. The van der Waals surface area contributed by atoms with E-state index in [1.165, 1.54) is 0 Å². The van der Waals surface area contributed by atoms with Gasteiger partial charge in [-0.2, -0.15) is 0 Å². The van der Waals surface area contributed by atoms with Gasteiger partial charge in [0.05, 0.1) is 12.2 Å². The van der Waals surface area contributed by atoms with Crippen molar-refractivity contribution in [2.75, 3.05) is 13.2 Å². The van der Waals surface area contributed by atoms with Crippen LogP contribution in [0.1, 0.15) is 6.92 Å². The third kappa shape index (κ3) is 3.95. The Kier molecular flexibility index (Phi) is 4.86. The minimum Gasteiger partial charge on any atom is -0.489 e. The molecule has 0 saturated heterocycles. The molecule has 0 saturated carbocycles. The highest BCUT2D eigenvalue weighted by atomic mass is 35.5. The number of carbonyl (C=O) groups excluding carboxylic acids is 1. The number of esters is 1. The van der Waals surface area contributed by atoms with Gasteiger partial charge in [0.1, 0.15) is 12.4 Å². The Hall–Kier alpha value is -1.48. The summed E-state index contributed by atoms with van der Waals surface area (Å²) in [5, 5.41) is 0.636. The van der Waals surface area contributed by atoms with Gasteiger partial charge in [-0.25, -0.2) is 4.79 Å². The van der Waals surface area contributed by atoms with E-state index in [-0.39, 0.29) is 12.2 Å². The van der Waals surface area contributed by atoms with Crippen molar-refractivity contribution in [1.82, 2.24) is 0 Å². The van der Waals surface area contributed by atoms with Crippen molar-refractivity contribution in [3.05, 3.63) is 41.4 Å². The molecule has 1 aromatic carbocycles. The van der Waals surface area contributed by atoms with Crippen molar-refractivity contribution in [1.29, 1.82) is 0 Å². The zero-order chi connectivity index (χ0) is 12.0. The van der Waals surface area contributed by atoms with Crippen molar-refractivity contribution in [2.45, 2.75) is 6.92 Å². The van der Waals surface area contributed by atoms with E-state index < -0.39 is 5.97 Å². The molecule has 0 radical (unpaired) electrons. The number of hydrogen-bond acceptors (Lipinski definition) is 3. The highest BCUT2D eigenvalue weighted by Crippen LogP contribution is 2.16. The first-order valence-corrected chi connectivity index (χ1v) is 5.24. The number of benzene rings is 1. The van der Waals surface area contributed by atoms with E-state index in [4.69, 9.17) is 21.1 Å². The SMILES string of the molecule is C=C(COc1ccc(Cl)cc1)C(=O)OCC. The summed E-state index contributed by atoms with van der Waals surface area (Å²) < 4.78 is 10.1. The molecule has 0 aliphatic rings. The van der Waals surface area contributed by atoms with Crippen molar-refractivity contribution in [3.8, 4) is 5.75 Å². The van der Waals surface area contributed by atoms with Crippen LogP contribution in [0.25, 0.3) is 0 Å². The standard InChI is InChI=1S/C12H13ClO3/c1-3-15-12(14)9(2)8-16-11-6-4-10(13)5-7-11/h4-7H,2-3,8H2,1H3. The van der Waals surface area contributed by atoms with Crippen LogP contribution in [-0.4, -0.2) is 19.2 Å². The summed E-state index contributed by atoms with van der Waals surface area (Å²) in [6, 6.07) is 6.87. The fourth-order valence-corrected chi connectivity index (χ4v) is 1.12. The van der Waals surface area contributed by atoms with Crippen molar-refractivity contribution >= 4 is 17.6 Å². The van der Waals surface area contributed by atoms with E-state index in [1.807, 2.05) is 0 Å². The Morgan fingerprint density at radius 1 is 1.38 bits per heavy atom. The van der Waals surface area contributed by atoms with E-state index in [2.05, 4.69) is 6.58 Å². The monoisotopic (exact) mass is 240 g/mol. The molecule has 0 atom stereocenters. The molecule has 86 valence electrons. The second-order valence-electron chi connectivity index (χ2n) is 3.07. The predicted molar refractivity (Wildman–Crippen MR) is 62.7 cm³/mol. The van der Waals surface area contributed by atoms with Crippen LogP contribution in [0.3, 0.4) is 0 Å². The second-order valence-corrected chi connectivity index (χ2v) is 3.50. The lowest BCUT2D eigenvalue weighted by molar-refractivity contribution is -0.138. The normalized spacial score (nSPS) is 9.62. The Morgan fingerprint density at radius 3 is 2.56 bits per heavy atom. The average molecular weight is 241 g/mol. The molecule has 0 aliphatic heterocycles. The van der Waals surface area contributed by atoms with E-state index in [0.717, 1.165) is 0 Å². The van der Waals surface area contributed by atoms with Gasteiger partial charge in [0, 0.05) is 5.02 Å². The van der Waals surface area contributed by atoms with Gasteiger partial charge in [0.15, 0.2) is 0 Å². The first-order valence-electron chi connectivity index (χ1n) is 4.86. The van der Waals surface area contributed by atoms with Crippen LogP contribution in [0.4, 0.5) is 0 Å². The van der Waals surface area contributed by atoms with Gasteiger partial charge < -0.3 is 9.47 Å². The van der Waals surface area contributed by atoms with Crippen molar-refractivity contribution < 1.29 is 14.3 Å². The molecule has 4 heteroatoms. The maximum Gasteiger partial charge on any atom is 0.336 e. The van der Waals surface area contributed by atoms with Crippen molar-refractivity contribution in [3.63, 3.8) is 0 Å². The molecular formula is C12H13ClO3. The van der Waals surface area contributed by atoms with Gasteiger partial charge in [-0.15, -0.1) is 0 Å². The number of halogens is 1. The number of carbonyl (C=O) groups is 1. The molecule has 0 N–H and O–H groups in total. The average Bonchev–Trinajstić information content (AvgIpc) is 2.28. The lowest BCUT2D eigenvalue weighted by atomic mass is 10.3. The fraction of sp³-hybridized carbons (Fsp3) is 0.250. The molecule has 16 heavy (non-hydrogen) atoms. The molecule has 1 aromatic rings. The van der Waals surface area contributed by atoms with Gasteiger partial charge in [-0.1, -0.05) is 18.2 Å². The largest absolute Gasteiger partial charge is 0.489 e. The maximum absolute atomic E-state index is 11.2. The highest BCUT2D eigenvalue weighted by Gasteiger charge is 2.08. The van der Waals surface area contributed by atoms with Crippen LogP contribution in [0.15, 0.2) is 36.4 Å². The number of hydrogen-bond donors (Lipinski definition) is 0.